The summed E-state index contributed by atoms with van der Waals surface area (Å²) in [5.41, 5.74) is 6.05. The molecule has 0 aliphatic rings. The molecule has 0 radical (unpaired) electrons. The maximum atomic E-state index is 5.43. The smallest absolute Gasteiger partial charge is 0.164 e. The highest BCUT2D eigenvalue weighted by atomic mass is 32.1. The van der Waals surface area contributed by atoms with Crippen LogP contribution in [0.4, 0.5) is 11.5 Å². The quantitative estimate of drug-likeness (QED) is 0.487. The first-order valence-electron chi connectivity index (χ1n) is 2.62. The molecule has 1 aromatic rings. The van der Waals surface area contributed by atoms with Gasteiger partial charge in [-0.15, -0.1) is 0 Å². The summed E-state index contributed by atoms with van der Waals surface area (Å²) in [7, 11) is 0. The predicted molar refractivity (Wildman–Crippen MR) is 43.3 cm³/mol. The number of nitrogen functional groups attached to an aromatic ring is 1. The molecule has 0 spiro atoms. The van der Waals surface area contributed by atoms with Crippen molar-refractivity contribution in [2.24, 2.45) is 4.99 Å². The van der Waals surface area contributed by atoms with Crippen molar-refractivity contribution in [2.75, 3.05) is 5.73 Å². The molecule has 0 fully saturated rings. The minimum absolute atomic E-state index is 0.495. The van der Waals surface area contributed by atoms with Crippen LogP contribution in [0.15, 0.2) is 23.3 Å². The maximum absolute atomic E-state index is 5.43. The number of anilines is 1. The minimum Gasteiger partial charge on any atom is -0.399 e. The van der Waals surface area contributed by atoms with E-state index in [1.54, 1.807) is 18.3 Å². The molecule has 1 rings (SSSR count). The Morgan fingerprint density at radius 3 is 3.10 bits per heavy atom. The Bertz CT molecular complexity index is 278. The number of nitrogens with zero attached hydrogens (tertiary/aromatic N) is 2. The monoisotopic (exact) mass is 151 g/mol. The highest BCUT2D eigenvalue weighted by Crippen LogP contribution is 2.09. The van der Waals surface area contributed by atoms with Gasteiger partial charge in [0.25, 0.3) is 0 Å². The van der Waals surface area contributed by atoms with Crippen LogP contribution in [0.5, 0.6) is 0 Å². The predicted octanol–water partition coefficient (Wildman–Crippen LogP) is 1.40. The number of nitrogens with two attached hydrogens (primary N) is 1. The van der Waals surface area contributed by atoms with Gasteiger partial charge in [0.15, 0.2) is 5.82 Å². The Kier molecular flexibility index (Phi) is 2.10. The van der Waals surface area contributed by atoms with E-state index in [2.05, 4.69) is 27.4 Å². The number of aromatic nitrogens is 1. The van der Waals surface area contributed by atoms with Crippen molar-refractivity contribution in [1.29, 1.82) is 0 Å². The summed E-state index contributed by atoms with van der Waals surface area (Å²) in [4.78, 5) is 7.49. The number of aliphatic imine (C=N–C) groups is 1. The Balaban J connectivity index is 3.06. The summed E-state index contributed by atoms with van der Waals surface area (Å²) in [6, 6.07) is 3.31. The average molecular weight is 151 g/mol. The zero-order valence-electron chi connectivity index (χ0n) is 5.11. The molecule has 0 aliphatic carbocycles. The van der Waals surface area contributed by atoms with Gasteiger partial charge in [-0.25, -0.2) is 4.98 Å². The summed E-state index contributed by atoms with van der Waals surface area (Å²) in [6.07, 6.45) is 1.57. The van der Waals surface area contributed by atoms with Crippen molar-refractivity contribution < 1.29 is 0 Å². The Hall–Kier alpha value is -1.25. The molecule has 0 aromatic carbocycles. The normalized spacial score (nSPS) is 8.40. The van der Waals surface area contributed by atoms with E-state index >= 15 is 0 Å². The fourth-order valence-electron chi connectivity index (χ4n) is 0.542. The first-order valence-corrected chi connectivity index (χ1v) is 3.03. The first kappa shape index (κ1) is 6.86. The largest absolute Gasteiger partial charge is 0.399 e. The van der Waals surface area contributed by atoms with Crippen molar-refractivity contribution in [3.05, 3.63) is 18.3 Å². The zero-order valence-corrected chi connectivity index (χ0v) is 5.93. The fraction of sp³-hybridized carbons (Fsp3) is 0. The molecule has 50 valence electrons. The third-order valence-corrected chi connectivity index (χ3v) is 1.02. The average Bonchev–Trinajstić information content (AvgIpc) is 1.88. The summed E-state index contributed by atoms with van der Waals surface area (Å²) in [5.74, 6) is 0.495. The van der Waals surface area contributed by atoms with E-state index in [1.807, 2.05) is 0 Å². The standard InChI is InChI=1S/C6H5N3S/c7-5-1-2-8-6(3-5)9-4-10/h1-3H,(H2,7,8). The van der Waals surface area contributed by atoms with Crippen LogP contribution in [-0.4, -0.2) is 10.1 Å². The number of hydrogen-bond donors (Lipinski definition) is 1. The van der Waals surface area contributed by atoms with Gasteiger partial charge in [-0.3, -0.25) is 0 Å². The number of pyridine rings is 1. The molecule has 3 nitrogen and oxygen atoms in total. The highest BCUT2D eigenvalue weighted by Gasteiger charge is 1.87. The lowest BCUT2D eigenvalue weighted by Crippen LogP contribution is -1.83. The number of thiocarbonyl (C=S) groups is 1. The molecule has 1 aromatic heterocycles. The van der Waals surface area contributed by atoms with Crippen LogP contribution < -0.4 is 5.73 Å². The van der Waals surface area contributed by atoms with E-state index in [9.17, 15) is 0 Å². The molecule has 0 saturated heterocycles. The van der Waals surface area contributed by atoms with Gasteiger partial charge in [0, 0.05) is 18.0 Å². The Labute approximate surface area is 63.6 Å². The van der Waals surface area contributed by atoms with Crippen LogP contribution in [0.25, 0.3) is 0 Å². The molecule has 4 heteroatoms. The van der Waals surface area contributed by atoms with E-state index in [4.69, 9.17) is 5.73 Å². The maximum Gasteiger partial charge on any atom is 0.164 e. The lowest BCUT2D eigenvalue weighted by atomic mass is 10.4. The van der Waals surface area contributed by atoms with Crippen LogP contribution in [0.2, 0.25) is 0 Å². The second kappa shape index (κ2) is 3.06. The molecule has 0 saturated carbocycles. The van der Waals surface area contributed by atoms with E-state index in [1.165, 1.54) is 0 Å². The topological polar surface area (TPSA) is 51.3 Å². The van der Waals surface area contributed by atoms with Crippen molar-refractivity contribution in [1.82, 2.24) is 4.98 Å². The van der Waals surface area contributed by atoms with E-state index in [-0.39, 0.29) is 0 Å². The van der Waals surface area contributed by atoms with Gasteiger partial charge < -0.3 is 5.73 Å². The molecule has 0 aliphatic heterocycles. The lowest BCUT2D eigenvalue weighted by molar-refractivity contribution is 1.29. The van der Waals surface area contributed by atoms with Crippen LogP contribution in [0, 0.1) is 0 Å². The SMILES string of the molecule is Nc1ccnc(N=C=S)c1. The van der Waals surface area contributed by atoms with Crippen molar-refractivity contribution in [3.63, 3.8) is 0 Å². The molecule has 0 amide bonds. The van der Waals surface area contributed by atoms with E-state index in [0.29, 0.717) is 11.5 Å². The van der Waals surface area contributed by atoms with Gasteiger partial charge in [-0.1, -0.05) is 0 Å². The molecule has 10 heavy (non-hydrogen) atoms. The van der Waals surface area contributed by atoms with Gasteiger partial charge in [0.1, 0.15) is 0 Å². The molecule has 2 N–H and O–H groups in total. The Morgan fingerprint density at radius 2 is 2.50 bits per heavy atom. The number of rotatable bonds is 1. The summed E-state index contributed by atoms with van der Waals surface area (Å²) in [5, 5.41) is 2.20. The van der Waals surface area contributed by atoms with Gasteiger partial charge >= 0.3 is 0 Å². The first-order chi connectivity index (χ1) is 4.83. The van der Waals surface area contributed by atoms with Crippen molar-refractivity contribution in [3.8, 4) is 0 Å². The molecular formula is C6H5N3S. The summed E-state index contributed by atoms with van der Waals surface area (Å²) in [6.45, 7) is 0. The number of hydrogen-bond acceptors (Lipinski definition) is 4. The second-order valence-corrected chi connectivity index (χ2v) is 1.83. The van der Waals surface area contributed by atoms with Gasteiger partial charge in [-0.2, -0.15) is 4.99 Å². The summed E-state index contributed by atoms with van der Waals surface area (Å²) >= 11 is 4.38. The number of isothiocyanates is 1. The van der Waals surface area contributed by atoms with Crippen molar-refractivity contribution in [2.45, 2.75) is 0 Å². The van der Waals surface area contributed by atoms with Crippen molar-refractivity contribution >= 4 is 28.9 Å². The highest BCUT2D eigenvalue weighted by molar-refractivity contribution is 7.78. The summed E-state index contributed by atoms with van der Waals surface area (Å²) < 4.78 is 0. The minimum atomic E-state index is 0.495. The molecule has 1 heterocycles. The second-order valence-electron chi connectivity index (χ2n) is 1.65. The Morgan fingerprint density at radius 1 is 1.70 bits per heavy atom. The molecule has 0 atom stereocenters. The molecular weight excluding hydrogens is 146 g/mol. The lowest BCUT2D eigenvalue weighted by Gasteiger charge is -1.90. The third kappa shape index (κ3) is 1.62. The zero-order chi connectivity index (χ0) is 7.40. The van der Waals surface area contributed by atoms with Gasteiger partial charge in [0.05, 0.1) is 5.16 Å². The van der Waals surface area contributed by atoms with Gasteiger partial charge in [-0.05, 0) is 18.3 Å². The van der Waals surface area contributed by atoms with E-state index < -0.39 is 0 Å². The van der Waals surface area contributed by atoms with Crippen LogP contribution in [-0.2, 0) is 0 Å². The van der Waals surface area contributed by atoms with Crippen LogP contribution >= 0.6 is 12.2 Å². The fourth-order valence-corrected chi connectivity index (χ4v) is 0.636. The van der Waals surface area contributed by atoms with Crippen LogP contribution in [0.3, 0.4) is 0 Å². The van der Waals surface area contributed by atoms with E-state index in [0.717, 1.165) is 0 Å². The van der Waals surface area contributed by atoms with Gasteiger partial charge in [0.2, 0.25) is 0 Å². The van der Waals surface area contributed by atoms with Crippen LogP contribution in [0.1, 0.15) is 0 Å². The molecule has 0 unspecified atom stereocenters. The molecule has 0 bridgehead atoms. The third-order valence-electron chi connectivity index (χ3n) is 0.930.